The third-order valence-electron chi connectivity index (χ3n) is 5.41. The number of carboxylic acids is 1. The summed E-state index contributed by atoms with van der Waals surface area (Å²) in [6.07, 6.45) is 0.138. The maximum Gasteiger partial charge on any atom is 0.304 e. The van der Waals surface area contributed by atoms with Gasteiger partial charge in [0.05, 0.1) is 17.5 Å². The van der Waals surface area contributed by atoms with Gasteiger partial charge in [-0.25, -0.2) is 0 Å². The van der Waals surface area contributed by atoms with Crippen molar-refractivity contribution in [3.63, 3.8) is 0 Å². The van der Waals surface area contributed by atoms with Crippen LogP contribution in [-0.2, 0) is 9.59 Å². The Kier molecular flexibility index (Phi) is 6.82. The van der Waals surface area contributed by atoms with Gasteiger partial charge in [0.1, 0.15) is 0 Å². The Morgan fingerprint density at radius 1 is 0.969 bits per heavy atom. The summed E-state index contributed by atoms with van der Waals surface area (Å²) in [5.41, 5.74) is 1.72. The molecule has 1 N–H and O–H groups in total. The normalized spacial score (nSPS) is 13.6. The van der Waals surface area contributed by atoms with Gasteiger partial charge in [-0.2, -0.15) is 0 Å². The van der Waals surface area contributed by atoms with Crippen molar-refractivity contribution in [1.29, 1.82) is 0 Å². The number of anilines is 1. The molecule has 1 aliphatic rings. The van der Waals surface area contributed by atoms with Gasteiger partial charge in [-0.3, -0.25) is 28.9 Å². The van der Waals surface area contributed by atoms with Crippen molar-refractivity contribution >= 4 is 35.2 Å². The number of hydrogen-bond donors (Lipinski definition) is 1. The Morgan fingerprint density at radius 3 is 2.03 bits per heavy atom. The van der Waals surface area contributed by atoms with E-state index in [9.17, 15) is 24.0 Å². The molecule has 0 spiro atoms. The monoisotopic (exact) mass is 436 g/mol. The third-order valence-corrected chi connectivity index (χ3v) is 5.41. The van der Waals surface area contributed by atoms with Crippen LogP contribution in [0.2, 0.25) is 0 Å². The summed E-state index contributed by atoms with van der Waals surface area (Å²) in [5, 5.41) is 8.86. The SMILES string of the molecule is CC(=O)N(CCCN1C(=O)c2ccccc2C1=O)c1ccc(C(=O)C(C)CC(=O)O)cc1. The van der Waals surface area contributed by atoms with E-state index < -0.39 is 11.9 Å². The Hall–Kier alpha value is -3.81. The number of benzene rings is 2. The molecule has 1 unspecified atom stereocenters. The molecule has 0 bridgehead atoms. The van der Waals surface area contributed by atoms with Crippen molar-refractivity contribution in [2.24, 2.45) is 5.92 Å². The molecule has 3 rings (SSSR count). The number of carboxylic acid groups (broad SMARTS) is 1. The van der Waals surface area contributed by atoms with Crippen molar-refractivity contribution in [1.82, 2.24) is 4.90 Å². The first kappa shape index (κ1) is 22.9. The summed E-state index contributed by atoms with van der Waals surface area (Å²) in [6, 6.07) is 13.1. The molecule has 1 aliphatic heterocycles. The lowest BCUT2D eigenvalue weighted by Crippen LogP contribution is -2.35. The molecule has 3 amide bonds. The summed E-state index contributed by atoms with van der Waals surface area (Å²) in [7, 11) is 0. The number of Topliss-reactive ketones (excluding diaryl/α,β-unsaturated/α-hetero) is 1. The summed E-state index contributed by atoms with van der Waals surface area (Å²) in [6.45, 7) is 3.44. The van der Waals surface area contributed by atoms with Gasteiger partial charge in [0, 0.05) is 37.2 Å². The quantitative estimate of drug-likeness (QED) is 0.478. The number of nitrogens with zero attached hydrogens (tertiary/aromatic N) is 2. The van der Waals surface area contributed by atoms with Crippen LogP contribution in [0.1, 0.15) is 57.8 Å². The molecule has 2 aromatic rings. The topological polar surface area (TPSA) is 112 Å². The molecule has 0 radical (unpaired) electrons. The number of aliphatic carboxylic acids is 1. The van der Waals surface area contributed by atoms with Gasteiger partial charge in [0.2, 0.25) is 5.91 Å². The number of carbonyl (C=O) groups is 5. The van der Waals surface area contributed by atoms with Crippen LogP contribution < -0.4 is 4.90 Å². The fourth-order valence-corrected chi connectivity index (χ4v) is 3.74. The summed E-state index contributed by atoms with van der Waals surface area (Å²) >= 11 is 0. The van der Waals surface area contributed by atoms with E-state index in [1.807, 2.05) is 0 Å². The lowest BCUT2D eigenvalue weighted by molar-refractivity contribution is -0.137. The van der Waals surface area contributed by atoms with E-state index in [-0.39, 0.29) is 43.0 Å². The maximum absolute atomic E-state index is 12.5. The Bertz CT molecular complexity index is 1040. The van der Waals surface area contributed by atoms with Crippen molar-refractivity contribution in [3.8, 4) is 0 Å². The van der Waals surface area contributed by atoms with E-state index in [0.717, 1.165) is 0 Å². The molecule has 0 saturated carbocycles. The molecule has 0 saturated heterocycles. The summed E-state index contributed by atoms with van der Waals surface area (Å²) in [5.74, 6) is -2.86. The molecular formula is C24H24N2O6. The van der Waals surface area contributed by atoms with E-state index in [0.29, 0.717) is 28.8 Å². The van der Waals surface area contributed by atoms with Crippen LogP contribution in [0.15, 0.2) is 48.5 Å². The average molecular weight is 436 g/mol. The molecule has 32 heavy (non-hydrogen) atoms. The number of ketones is 1. The number of fused-ring (bicyclic) bond motifs is 1. The number of amides is 3. The van der Waals surface area contributed by atoms with E-state index >= 15 is 0 Å². The van der Waals surface area contributed by atoms with Gasteiger partial charge in [-0.05, 0) is 42.8 Å². The molecule has 0 fully saturated rings. The minimum Gasteiger partial charge on any atom is -0.481 e. The van der Waals surface area contributed by atoms with E-state index in [2.05, 4.69) is 0 Å². The Morgan fingerprint density at radius 2 is 1.53 bits per heavy atom. The van der Waals surface area contributed by atoms with Gasteiger partial charge in [0.15, 0.2) is 5.78 Å². The van der Waals surface area contributed by atoms with Crippen molar-refractivity contribution in [2.45, 2.75) is 26.7 Å². The molecule has 0 aromatic heterocycles. The van der Waals surface area contributed by atoms with E-state index in [1.165, 1.54) is 16.7 Å². The Balaban J connectivity index is 1.63. The molecule has 166 valence electrons. The van der Waals surface area contributed by atoms with Crippen LogP contribution >= 0.6 is 0 Å². The Labute approximate surface area is 185 Å². The summed E-state index contributed by atoms with van der Waals surface area (Å²) < 4.78 is 0. The number of rotatable bonds is 9. The van der Waals surface area contributed by atoms with Gasteiger partial charge < -0.3 is 10.0 Å². The largest absolute Gasteiger partial charge is 0.481 e. The highest BCUT2D eigenvalue weighted by Gasteiger charge is 2.34. The fraction of sp³-hybridized carbons (Fsp3) is 0.292. The van der Waals surface area contributed by atoms with Gasteiger partial charge in [0.25, 0.3) is 11.8 Å². The predicted molar refractivity (Wildman–Crippen MR) is 117 cm³/mol. The molecule has 1 atom stereocenters. The predicted octanol–water partition coefficient (Wildman–Crippen LogP) is 3.02. The minimum absolute atomic E-state index is 0.180. The standard InChI is InChI=1S/C24H24N2O6/c1-15(14-21(28)29)22(30)17-8-10-18(11-9-17)25(16(2)27)12-5-13-26-23(31)19-6-3-4-7-20(19)24(26)32/h3-4,6-11,15H,5,12-14H2,1-2H3,(H,28,29). The van der Waals surface area contributed by atoms with E-state index in [4.69, 9.17) is 5.11 Å². The molecule has 8 nitrogen and oxygen atoms in total. The fourth-order valence-electron chi connectivity index (χ4n) is 3.74. The zero-order valence-electron chi connectivity index (χ0n) is 17.9. The molecule has 0 aliphatic carbocycles. The smallest absolute Gasteiger partial charge is 0.304 e. The minimum atomic E-state index is -1.04. The lowest BCUT2D eigenvalue weighted by atomic mass is 9.96. The van der Waals surface area contributed by atoms with Gasteiger partial charge >= 0.3 is 5.97 Å². The van der Waals surface area contributed by atoms with Crippen LogP contribution in [0.3, 0.4) is 0 Å². The highest BCUT2D eigenvalue weighted by molar-refractivity contribution is 6.21. The van der Waals surface area contributed by atoms with E-state index in [1.54, 1.807) is 55.5 Å². The van der Waals surface area contributed by atoms with Gasteiger partial charge in [-0.1, -0.05) is 19.1 Å². The third kappa shape index (κ3) is 4.74. The first-order chi connectivity index (χ1) is 15.2. The number of carbonyl (C=O) groups excluding carboxylic acids is 4. The van der Waals surface area contributed by atoms with Gasteiger partial charge in [-0.15, -0.1) is 0 Å². The van der Waals surface area contributed by atoms with Crippen molar-refractivity contribution in [3.05, 3.63) is 65.2 Å². The first-order valence-electron chi connectivity index (χ1n) is 10.3. The van der Waals surface area contributed by atoms with Crippen LogP contribution in [0.4, 0.5) is 5.69 Å². The molecule has 8 heteroatoms. The highest BCUT2D eigenvalue weighted by Crippen LogP contribution is 2.23. The molecular weight excluding hydrogens is 412 g/mol. The second-order valence-corrected chi connectivity index (χ2v) is 7.74. The van der Waals surface area contributed by atoms with Crippen molar-refractivity contribution < 1.29 is 29.1 Å². The number of imide groups is 1. The second-order valence-electron chi connectivity index (χ2n) is 7.74. The molecule has 2 aromatic carbocycles. The lowest BCUT2D eigenvalue weighted by Gasteiger charge is -2.23. The average Bonchev–Trinajstić information content (AvgIpc) is 3.00. The van der Waals surface area contributed by atoms with Crippen LogP contribution in [0, 0.1) is 5.92 Å². The molecule has 1 heterocycles. The number of hydrogen-bond acceptors (Lipinski definition) is 5. The summed E-state index contributed by atoms with van der Waals surface area (Å²) in [4.78, 5) is 63.0. The zero-order chi connectivity index (χ0) is 23.4. The van der Waals surface area contributed by atoms with Crippen LogP contribution in [0.5, 0.6) is 0 Å². The van der Waals surface area contributed by atoms with Crippen LogP contribution in [0.25, 0.3) is 0 Å². The maximum atomic E-state index is 12.5. The van der Waals surface area contributed by atoms with Crippen LogP contribution in [-0.4, -0.2) is 52.6 Å². The van der Waals surface area contributed by atoms with Crippen molar-refractivity contribution in [2.75, 3.05) is 18.0 Å². The second kappa shape index (κ2) is 9.55. The zero-order valence-corrected chi connectivity index (χ0v) is 17.9. The highest BCUT2D eigenvalue weighted by atomic mass is 16.4. The first-order valence-corrected chi connectivity index (χ1v) is 10.3.